The molecular formula is C18H22BrN7O. The van der Waals surface area contributed by atoms with E-state index in [1.165, 1.54) is 0 Å². The van der Waals surface area contributed by atoms with Gasteiger partial charge in [0.25, 0.3) is 0 Å². The van der Waals surface area contributed by atoms with Crippen LogP contribution in [0.25, 0.3) is 5.65 Å². The van der Waals surface area contributed by atoms with Gasteiger partial charge in [-0.25, -0.2) is 14.8 Å². The van der Waals surface area contributed by atoms with Gasteiger partial charge in [-0.2, -0.15) is 0 Å². The van der Waals surface area contributed by atoms with Gasteiger partial charge < -0.3 is 19.6 Å². The number of H-pyrrole nitrogens is 1. The maximum absolute atomic E-state index is 12.5. The number of carbonyl (C=O) groups is 1. The van der Waals surface area contributed by atoms with E-state index in [2.05, 4.69) is 41.1 Å². The van der Waals surface area contributed by atoms with E-state index >= 15 is 0 Å². The number of fused-ring (bicyclic) bond motifs is 1. The summed E-state index contributed by atoms with van der Waals surface area (Å²) in [5.41, 5.74) is 2.85. The van der Waals surface area contributed by atoms with Crippen molar-refractivity contribution in [1.82, 2.24) is 34.5 Å². The summed E-state index contributed by atoms with van der Waals surface area (Å²) in [7, 11) is 0. The van der Waals surface area contributed by atoms with Crippen molar-refractivity contribution in [3.63, 3.8) is 0 Å². The summed E-state index contributed by atoms with van der Waals surface area (Å²) in [6, 6.07) is 2.00. The highest BCUT2D eigenvalue weighted by Gasteiger charge is 2.21. The van der Waals surface area contributed by atoms with Crippen LogP contribution in [0.2, 0.25) is 0 Å². The van der Waals surface area contributed by atoms with Crippen LogP contribution in [0.15, 0.2) is 35.3 Å². The second-order valence-corrected chi connectivity index (χ2v) is 7.68. The molecule has 0 bridgehead atoms. The molecule has 9 heteroatoms. The summed E-state index contributed by atoms with van der Waals surface area (Å²) in [5, 5.41) is 2.99. The van der Waals surface area contributed by atoms with E-state index in [0.29, 0.717) is 19.6 Å². The molecule has 4 heterocycles. The second-order valence-electron chi connectivity index (χ2n) is 6.76. The first kappa shape index (κ1) is 18.0. The normalized spacial score (nSPS) is 15.4. The predicted octanol–water partition coefficient (Wildman–Crippen LogP) is 2.16. The van der Waals surface area contributed by atoms with Gasteiger partial charge in [0.1, 0.15) is 11.5 Å². The number of nitrogens with one attached hydrogen (secondary N) is 2. The first-order valence-corrected chi connectivity index (χ1v) is 9.75. The van der Waals surface area contributed by atoms with Crippen LogP contribution in [-0.4, -0.2) is 61.4 Å². The smallest absolute Gasteiger partial charge is 0.317 e. The Morgan fingerprint density at radius 1 is 1.30 bits per heavy atom. The Labute approximate surface area is 165 Å². The lowest BCUT2D eigenvalue weighted by atomic mass is 10.3. The molecule has 0 saturated carbocycles. The summed E-state index contributed by atoms with van der Waals surface area (Å²) in [4.78, 5) is 28.6. The van der Waals surface area contributed by atoms with Crippen LogP contribution in [0.1, 0.15) is 17.1 Å². The minimum Gasteiger partial charge on any atom is -0.348 e. The SMILES string of the molecule is Cc1cc(Br)cn2cc(CNC(=O)N3CCN(Cc4ncc[nH]4)CC3)nc12. The Hall–Kier alpha value is -2.39. The van der Waals surface area contributed by atoms with Gasteiger partial charge in [-0.15, -0.1) is 0 Å². The van der Waals surface area contributed by atoms with Crippen molar-refractivity contribution in [3.05, 3.63) is 52.4 Å². The van der Waals surface area contributed by atoms with Crippen molar-refractivity contribution in [2.24, 2.45) is 0 Å². The number of nitrogens with zero attached hydrogens (tertiary/aromatic N) is 5. The van der Waals surface area contributed by atoms with Crippen molar-refractivity contribution in [2.45, 2.75) is 20.0 Å². The molecule has 0 radical (unpaired) electrons. The second kappa shape index (κ2) is 7.69. The standard InChI is InChI=1S/C18H22BrN7O/c1-13-8-14(19)10-26-11-15(23-17(13)26)9-22-18(27)25-6-4-24(5-7-25)12-16-20-2-3-21-16/h2-3,8,10-11H,4-7,9,12H2,1H3,(H,20,21)(H,22,27). The summed E-state index contributed by atoms with van der Waals surface area (Å²) < 4.78 is 2.99. The van der Waals surface area contributed by atoms with E-state index in [4.69, 9.17) is 0 Å². The molecule has 3 aromatic rings. The third-order valence-electron chi connectivity index (χ3n) is 4.76. The molecule has 0 aromatic carbocycles. The minimum absolute atomic E-state index is 0.0393. The van der Waals surface area contributed by atoms with E-state index in [-0.39, 0.29) is 6.03 Å². The molecule has 4 rings (SSSR count). The first-order valence-electron chi connectivity index (χ1n) is 8.95. The monoisotopic (exact) mass is 431 g/mol. The number of carbonyl (C=O) groups excluding carboxylic acids is 1. The number of urea groups is 1. The number of piperazine rings is 1. The predicted molar refractivity (Wildman–Crippen MR) is 105 cm³/mol. The minimum atomic E-state index is -0.0393. The van der Waals surface area contributed by atoms with Crippen LogP contribution in [0, 0.1) is 6.92 Å². The fraction of sp³-hybridized carbons (Fsp3) is 0.389. The highest BCUT2D eigenvalue weighted by Crippen LogP contribution is 2.17. The maximum Gasteiger partial charge on any atom is 0.317 e. The molecule has 0 aliphatic carbocycles. The molecule has 142 valence electrons. The van der Waals surface area contributed by atoms with E-state index in [9.17, 15) is 4.79 Å². The number of imidazole rings is 2. The summed E-state index contributed by atoms with van der Waals surface area (Å²) >= 11 is 3.50. The fourth-order valence-corrected chi connectivity index (χ4v) is 3.91. The zero-order chi connectivity index (χ0) is 18.8. The molecule has 8 nitrogen and oxygen atoms in total. The molecule has 27 heavy (non-hydrogen) atoms. The van der Waals surface area contributed by atoms with Gasteiger partial charge >= 0.3 is 6.03 Å². The van der Waals surface area contributed by atoms with Crippen molar-refractivity contribution >= 4 is 27.6 Å². The highest BCUT2D eigenvalue weighted by molar-refractivity contribution is 9.10. The van der Waals surface area contributed by atoms with E-state index in [1.54, 1.807) is 6.20 Å². The molecule has 1 aliphatic heterocycles. The van der Waals surface area contributed by atoms with Crippen molar-refractivity contribution in [2.75, 3.05) is 26.2 Å². The van der Waals surface area contributed by atoms with Crippen LogP contribution in [-0.2, 0) is 13.1 Å². The number of halogens is 1. The van der Waals surface area contributed by atoms with Crippen LogP contribution >= 0.6 is 15.9 Å². The van der Waals surface area contributed by atoms with Gasteiger partial charge in [0.05, 0.1) is 18.8 Å². The van der Waals surface area contributed by atoms with Crippen molar-refractivity contribution in [1.29, 1.82) is 0 Å². The third-order valence-corrected chi connectivity index (χ3v) is 5.19. The fourth-order valence-electron chi connectivity index (χ4n) is 3.34. The maximum atomic E-state index is 12.5. The summed E-state index contributed by atoms with van der Waals surface area (Å²) in [6.45, 7) is 6.35. The molecule has 2 N–H and O–H groups in total. The summed E-state index contributed by atoms with van der Waals surface area (Å²) in [5.74, 6) is 0.960. The molecular weight excluding hydrogens is 410 g/mol. The van der Waals surface area contributed by atoms with Crippen molar-refractivity contribution in [3.8, 4) is 0 Å². The number of amides is 2. The van der Waals surface area contributed by atoms with Crippen molar-refractivity contribution < 1.29 is 4.79 Å². The van der Waals surface area contributed by atoms with Crippen LogP contribution in [0.5, 0.6) is 0 Å². The molecule has 1 saturated heterocycles. The first-order chi connectivity index (χ1) is 13.1. The number of rotatable bonds is 4. The van der Waals surface area contributed by atoms with Gasteiger partial charge in [0, 0.05) is 55.4 Å². The largest absolute Gasteiger partial charge is 0.348 e. The molecule has 1 fully saturated rings. The Bertz CT molecular complexity index is 929. The van der Waals surface area contributed by atoms with Crippen LogP contribution < -0.4 is 5.32 Å². The van der Waals surface area contributed by atoms with Gasteiger partial charge in [0.15, 0.2) is 0 Å². The topological polar surface area (TPSA) is 81.6 Å². The average molecular weight is 432 g/mol. The lowest BCUT2D eigenvalue weighted by Gasteiger charge is -2.34. The van der Waals surface area contributed by atoms with Gasteiger partial charge in [-0.3, -0.25) is 4.90 Å². The molecule has 2 amide bonds. The third kappa shape index (κ3) is 4.14. The Kier molecular flexibility index (Phi) is 5.13. The molecule has 0 spiro atoms. The lowest BCUT2D eigenvalue weighted by molar-refractivity contribution is 0.133. The number of aryl methyl sites for hydroxylation is 1. The van der Waals surface area contributed by atoms with Crippen LogP contribution in [0.3, 0.4) is 0 Å². The number of hydrogen-bond acceptors (Lipinski definition) is 4. The van der Waals surface area contributed by atoms with Gasteiger partial charge in [0.2, 0.25) is 0 Å². The number of aromatic nitrogens is 4. The number of pyridine rings is 1. The summed E-state index contributed by atoms with van der Waals surface area (Å²) in [6.07, 6.45) is 7.52. The van der Waals surface area contributed by atoms with Gasteiger partial charge in [-0.05, 0) is 34.5 Å². The number of aromatic amines is 1. The molecule has 1 aliphatic rings. The zero-order valence-corrected chi connectivity index (χ0v) is 16.7. The highest BCUT2D eigenvalue weighted by atomic mass is 79.9. The Morgan fingerprint density at radius 3 is 2.85 bits per heavy atom. The number of hydrogen-bond donors (Lipinski definition) is 2. The van der Waals surface area contributed by atoms with Gasteiger partial charge in [-0.1, -0.05) is 0 Å². The lowest BCUT2D eigenvalue weighted by Crippen LogP contribution is -2.51. The van der Waals surface area contributed by atoms with E-state index in [0.717, 1.165) is 46.8 Å². The molecule has 0 unspecified atom stereocenters. The van der Waals surface area contributed by atoms with E-state index in [1.807, 2.05) is 40.9 Å². The Balaban J connectivity index is 1.29. The molecule has 3 aromatic heterocycles. The Morgan fingerprint density at radius 2 is 2.11 bits per heavy atom. The van der Waals surface area contributed by atoms with Crippen LogP contribution in [0.4, 0.5) is 4.79 Å². The molecule has 0 atom stereocenters. The quantitative estimate of drug-likeness (QED) is 0.662. The van der Waals surface area contributed by atoms with E-state index < -0.39 is 0 Å². The average Bonchev–Trinajstić information content (AvgIpc) is 3.30. The zero-order valence-electron chi connectivity index (χ0n) is 15.2.